The number of methoxy groups -OCH3 is 1. The van der Waals surface area contributed by atoms with Crippen LogP contribution in [0.2, 0.25) is 5.02 Å². The Hall–Kier alpha value is -3.82. The molecule has 0 saturated heterocycles. The zero-order valence-electron chi connectivity index (χ0n) is 23.3. The minimum absolute atomic E-state index is 0.110. The summed E-state index contributed by atoms with van der Waals surface area (Å²) in [5.41, 5.74) is 2.42. The molecule has 0 bridgehead atoms. The number of alkyl carbamates (subject to hydrolysis) is 1. The number of hydrogen-bond acceptors (Lipinski definition) is 8. The highest BCUT2D eigenvalue weighted by Gasteiger charge is 2.27. The van der Waals surface area contributed by atoms with E-state index in [1.54, 1.807) is 29.6 Å². The van der Waals surface area contributed by atoms with Gasteiger partial charge >= 0.3 is 6.09 Å². The lowest BCUT2D eigenvalue weighted by molar-refractivity contribution is -0.123. The van der Waals surface area contributed by atoms with Gasteiger partial charge in [0, 0.05) is 22.5 Å². The number of nitrogens with one attached hydrogen (secondary N) is 3. The molecule has 4 aromatic rings. The number of thiazole rings is 1. The second kappa shape index (κ2) is 15.3. The van der Waals surface area contributed by atoms with Crippen LogP contribution in [0.1, 0.15) is 27.9 Å². The van der Waals surface area contributed by atoms with Crippen molar-refractivity contribution in [3.05, 3.63) is 111 Å². The largest absolute Gasteiger partial charge is 0.453 e. The van der Waals surface area contributed by atoms with Crippen molar-refractivity contribution in [3.63, 3.8) is 0 Å². The molecule has 0 aliphatic carbocycles. The van der Waals surface area contributed by atoms with Crippen LogP contribution in [0.15, 0.2) is 89.1 Å². The average molecular weight is 677 g/mol. The lowest BCUT2D eigenvalue weighted by Crippen LogP contribution is -2.49. The fourth-order valence-corrected chi connectivity index (χ4v) is 7.19. The molecule has 11 nitrogen and oxygen atoms in total. The number of hydrogen-bond donors (Lipinski definition) is 4. The summed E-state index contributed by atoms with van der Waals surface area (Å²) in [4.78, 5) is 30.4. The summed E-state index contributed by atoms with van der Waals surface area (Å²) in [6.45, 7) is 0. The molecule has 2 amide bonds. The van der Waals surface area contributed by atoms with E-state index in [0.29, 0.717) is 21.4 Å². The van der Waals surface area contributed by atoms with Crippen molar-refractivity contribution in [1.29, 1.82) is 0 Å². The van der Waals surface area contributed by atoms with E-state index in [1.807, 2.05) is 30.3 Å². The third-order valence-corrected chi connectivity index (χ3v) is 9.76. The van der Waals surface area contributed by atoms with E-state index in [0.717, 1.165) is 22.5 Å². The van der Waals surface area contributed by atoms with Crippen LogP contribution in [0.5, 0.6) is 0 Å². The molecule has 1 unspecified atom stereocenters. The minimum atomic E-state index is -3.72. The number of anilines is 1. The Balaban J connectivity index is 1.60. The van der Waals surface area contributed by atoms with Crippen molar-refractivity contribution in [1.82, 2.24) is 15.6 Å². The van der Waals surface area contributed by atoms with Gasteiger partial charge in [-0.15, -0.1) is 11.3 Å². The first-order valence-corrected chi connectivity index (χ1v) is 17.1. The number of amides is 2. The van der Waals surface area contributed by atoms with E-state index < -0.39 is 45.2 Å². The van der Waals surface area contributed by atoms with E-state index in [2.05, 4.69) is 20.3 Å². The van der Waals surface area contributed by atoms with Gasteiger partial charge in [0.15, 0.2) is 9.84 Å². The van der Waals surface area contributed by atoms with Gasteiger partial charge in [0.1, 0.15) is 16.8 Å². The Kier molecular flexibility index (Phi) is 11.5. The summed E-state index contributed by atoms with van der Waals surface area (Å²) < 4.78 is 53.3. The normalized spacial score (nSPS) is 13.3. The quantitative estimate of drug-likeness (QED) is 0.148. The van der Waals surface area contributed by atoms with Crippen LogP contribution in [-0.4, -0.2) is 47.3 Å². The summed E-state index contributed by atoms with van der Waals surface area (Å²) in [5.74, 6) is -0.847. The standard InChI is InChI=1S/C29H29ClN4O7S3/c1-41-29(36)33-25(16-19-5-3-2-4-6-19)28(35)32-24(15-20-7-11-22(12-8-20)34-43(37)38)26-17-42-27(31-26)18-44(39,40)23-13-9-21(30)10-14-23/h2-14,17,24-25,34H,15-16,18H2,1H3,(H,32,35)(H,33,36)(H,37,38)/t24-,25-/m0/s1. The summed E-state index contributed by atoms with van der Waals surface area (Å²) in [6, 6.07) is 20.0. The van der Waals surface area contributed by atoms with E-state index in [4.69, 9.17) is 20.9 Å². The zero-order valence-corrected chi connectivity index (χ0v) is 26.5. The number of benzene rings is 3. The highest BCUT2D eigenvalue weighted by molar-refractivity contribution is 7.90. The molecule has 1 heterocycles. The maximum Gasteiger partial charge on any atom is 0.407 e. The fourth-order valence-electron chi connectivity index (χ4n) is 4.25. The molecule has 232 valence electrons. The van der Waals surface area contributed by atoms with E-state index in [-0.39, 0.29) is 23.5 Å². The monoisotopic (exact) mass is 676 g/mol. The van der Waals surface area contributed by atoms with Gasteiger partial charge in [0.25, 0.3) is 11.3 Å². The summed E-state index contributed by atoms with van der Waals surface area (Å²) in [5, 5.41) is 7.96. The van der Waals surface area contributed by atoms with Crippen molar-refractivity contribution < 1.29 is 31.5 Å². The van der Waals surface area contributed by atoms with E-state index in [9.17, 15) is 22.2 Å². The van der Waals surface area contributed by atoms with Gasteiger partial charge in [-0.2, -0.15) is 0 Å². The highest BCUT2D eigenvalue weighted by atomic mass is 35.5. The van der Waals surface area contributed by atoms with Crippen molar-refractivity contribution in [2.75, 3.05) is 11.8 Å². The molecule has 4 N–H and O–H groups in total. The van der Waals surface area contributed by atoms with Crippen molar-refractivity contribution in [3.8, 4) is 0 Å². The SMILES string of the molecule is COC(=O)N[C@@H](Cc1ccccc1)C(=O)N[C@@H](Cc1ccc(NS(=O)O)cc1)c1csc(CS(=O)(=O)c2ccc(Cl)cc2)n1. The fraction of sp³-hybridized carbons (Fsp3) is 0.207. The predicted molar refractivity (Wildman–Crippen MR) is 169 cm³/mol. The molecule has 3 aromatic carbocycles. The number of aromatic nitrogens is 1. The number of halogens is 1. The Morgan fingerprint density at radius 1 is 0.977 bits per heavy atom. The minimum Gasteiger partial charge on any atom is -0.453 e. The maximum atomic E-state index is 13.6. The van der Waals surface area contributed by atoms with Gasteiger partial charge in [-0.05, 0) is 53.9 Å². The second-order valence-corrected chi connectivity index (χ2v) is 13.6. The van der Waals surface area contributed by atoms with Crippen molar-refractivity contribution in [2.24, 2.45) is 0 Å². The summed E-state index contributed by atoms with van der Waals surface area (Å²) in [6.07, 6.45) is -0.336. The molecular weight excluding hydrogens is 648 g/mol. The van der Waals surface area contributed by atoms with Crippen LogP contribution in [-0.2, 0) is 49.2 Å². The number of sulfone groups is 1. The molecule has 3 atom stereocenters. The van der Waals surface area contributed by atoms with Crippen LogP contribution in [0.3, 0.4) is 0 Å². The maximum absolute atomic E-state index is 13.6. The molecule has 0 spiro atoms. The molecule has 44 heavy (non-hydrogen) atoms. The van der Waals surface area contributed by atoms with E-state index in [1.165, 1.54) is 31.4 Å². The average Bonchev–Trinajstić information content (AvgIpc) is 3.45. The van der Waals surface area contributed by atoms with Crippen molar-refractivity contribution in [2.45, 2.75) is 35.6 Å². The smallest absolute Gasteiger partial charge is 0.407 e. The molecular formula is C29H29ClN4O7S3. The first-order valence-electron chi connectivity index (χ1n) is 13.1. The topological polar surface area (TPSA) is 164 Å². The van der Waals surface area contributed by atoms with Gasteiger partial charge in [0.2, 0.25) is 5.91 Å². The van der Waals surface area contributed by atoms with Gasteiger partial charge in [-0.1, -0.05) is 54.1 Å². The van der Waals surface area contributed by atoms with Crippen molar-refractivity contribution >= 4 is 61.7 Å². The van der Waals surface area contributed by atoms with E-state index >= 15 is 0 Å². The van der Waals surface area contributed by atoms with Gasteiger partial charge in [-0.3, -0.25) is 14.1 Å². The van der Waals surface area contributed by atoms with Crippen LogP contribution in [0.4, 0.5) is 10.5 Å². The number of carbonyl (C=O) groups is 2. The Bertz CT molecular complexity index is 1700. The number of rotatable bonds is 13. The lowest BCUT2D eigenvalue weighted by Gasteiger charge is -2.23. The Labute approximate surface area is 266 Å². The van der Waals surface area contributed by atoms with Crippen LogP contribution >= 0.6 is 22.9 Å². The number of nitrogens with zero attached hydrogens (tertiary/aromatic N) is 1. The lowest BCUT2D eigenvalue weighted by atomic mass is 10.0. The van der Waals surface area contributed by atoms with Gasteiger partial charge in [0.05, 0.1) is 23.7 Å². The third-order valence-electron chi connectivity index (χ3n) is 6.40. The van der Waals surface area contributed by atoms with Crippen LogP contribution < -0.4 is 15.4 Å². The van der Waals surface area contributed by atoms with Crippen LogP contribution in [0.25, 0.3) is 0 Å². The van der Waals surface area contributed by atoms with Gasteiger partial charge < -0.3 is 15.4 Å². The zero-order chi connectivity index (χ0) is 31.7. The van der Waals surface area contributed by atoms with Crippen LogP contribution in [0, 0.1) is 0 Å². The molecule has 4 rings (SSSR count). The Morgan fingerprint density at radius 2 is 1.64 bits per heavy atom. The Morgan fingerprint density at radius 3 is 2.27 bits per heavy atom. The summed E-state index contributed by atoms with van der Waals surface area (Å²) >= 11 is 4.81. The highest BCUT2D eigenvalue weighted by Crippen LogP contribution is 2.26. The third kappa shape index (κ3) is 9.59. The first kappa shape index (κ1) is 33.1. The predicted octanol–water partition coefficient (Wildman–Crippen LogP) is 4.69. The molecule has 1 aromatic heterocycles. The molecule has 0 saturated carbocycles. The molecule has 15 heteroatoms. The number of carbonyl (C=O) groups excluding carboxylic acids is 2. The summed E-state index contributed by atoms with van der Waals surface area (Å²) in [7, 11) is -2.51. The molecule has 0 fully saturated rings. The molecule has 0 radical (unpaired) electrons. The molecule has 0 aliphatic heterocycles. The second-order valence-electron chi connectivity index (χ2n) is 9.57. The van der Waals surface area contributed by atoms with Gasteiger partial charge in [-0.25, -0.2) is 22.4 Å². The first-order chi connectivity index (χ1) is 21.0. The molecule has 0 aliphatic rings. The number of ether oxygens (including phenoxy) is 1.